The van der Waals surface area contributed by atoms with E-state index in [2.05, 4.69) is 15.7 Å². The van der Waals surface area contributed by atoms with Crippen molar-refractivity contribution < 1.29 is 13.9 Å². The summed E-state index contributed by atoms with van der Waals surface area (Å²) in [6, 6.07) is 4.24. The minimum Gasteiger partial charge on any atom is -0.380 e. The maximum Gasteiger partial charge on any atom is 0.242 e. The number of rotatable bonds is 7. The van der Waals surface area contributed by atoms with E-state index in [9.17, 15) is 9.18 Å². The summed E-state index contributed by atoms with van der Waals surface area (Å²) in [5, 5.41) is 9.88. The summed E-state index contributed by atoms with van der Waals surface area (Å²) in [4.78, 5) is 12.3. The number of carbonyl (C=O) groups excluding carboxylic acids is 1. The van der Waals surface area contributed by atoms with Crippen molar-refractivity contribution in [3.8, 4) is 0 Å². The van der Waals surface area contributed by atoms with Gasteiger partial charge in [-0.3, -0.25) is 9.48 Å². The van der Waals surface area contributed by atoms with Crippen molar-refractivity contribution >= 4 is 5.91 Å². The zero-order valence-electron chi connectivity index (χ0n) is 13.5. The fourth-order valence-electron chi connectivity index (χ4n) is 2.33. The van der Waals surface area contributed by atoms with Crippen molar-refractivity contribution in [1.29, 1.82) is 0 Å². The summed E-state index contributed by atoms with van der Waals surface area (Å²) in [5.41, 5.74) is 2.07. The van der Waals surface area contributed by atoms with Crippen LogP contribution >= 0.6 is 0 Å². The second-order valence-corrected chi connectivity index (χ2v) is 5.25. The summed E-state index contributed by atoms with van der Waals surface area (Å²) in [6.45, 7) is 0.511. The highest BCUT2D eigenvalue weighted by atomic mass is 19.1. The lowest BCUT2D eigenvalue weighted by molar-refractivity contribution is -0.123. The molecule has 1 atom stereocenters. The van der Waals surface area contributed by atoms with Crippen LogP contribution in [0.2, 0.25) is 0 Å². The molecule has 0 aliphatic rings. The Morgan fingerprint density at radius 3 is 2.87 bits per heavy atom. The van der Waals surface area contributed by atoms with Crippen molar-refractivity contribution in [2.24, 2.45) is 7.05 Å². The predicted molar refractivity (Wildman–Crippen MR) is 84.0 cm³/mol. The SMILES string of the molecule is CNC(C(=O)NCc1ccc(F)c(COC)c1)c1cnn(C)c1. The highest BCUT2D eigenvalue weighted by Gasteiger charge is 2.19. The van der Waals surface area contributed by atoms with Crippen LogP contribution in [0.1, 0.15) is 22.7 Å². The third-order valence-electron chi connectivity index (χ3n) is 3.49. The number of likely N-dealkylation sites (N-methyl/N-ethyl adjacent to an activating group) is 1. The van der Waals surface area contributed by atoms with Crippen LogP contribution < -0.4 is 10.6 Å². The fraction of sp³-hybridized carbons (Fsp3) is 0.375. The number of hydrogen-bond donors (Lipinski definition) is 2. The third-order valence-corrected chi connectivity index (χ3v) is 3.49. The molecule has 0 aliphatic heterocycles. The number of nitrogens with zero attached hydrogens (tertiary/aromatic N) is 2. The van der Waals surface area contributed by atoms with Gasteiger partial charge >= 0.3 is 0 Å². The van der Waals surface area contributed by atoms with Crippen molar-refractivity contribution in [3.63, 3.8) is 0 Å². The molecule has 2 N–H and O–H groups in total. The summed E-state index contributed by atoms with van der Waals surface area (Å²) in [7, 11) is 5.02. The molecule has 1 unspecified atom stereocenters. The molecular weight excluding hydrogens is 299 g/mol. The zero-order chi connectivity index (χ0) is 16.8. The zero-order valence-corrected chi connectivity index (χ0v) is 13.5. The molecule has 0 bridgehead atoms. The summed E-state index contributed by atoms with van der Waals surface area (Å²) >= 11 is 0. The van der Waals surface area contributed by atoms with Crippen molar-refractivity contribution in [2.75, 3.05) is 14.2 Å². The molecule has 1 aromatic heterocycles. The molecule has 0 fully saturated rings. The standard InChI is InChI=1S/C16H21FN4O2/c1-18-15(13-8-20-21(2)9-13)16(22)19-7-11-4-5-14(17)12(6-11)10-23-3/h4-6,8-9,15,18H,7,10H2,1-3H3,(H,19,22). The lowest BCUT2D eigenvalue weighted by Gasteiger charge is -2.15. The number of ether oxygens (including phenoxy) is 1. The molecule has 2 aromatic rings. The summed E-state index contributed by atoms with van der Waals surface area (Å²) < 4.78 is 20.2. The molecule has 1 amide bonds. The Morgan fingerprint density at radius 1 is 1.48 bits per heavy atom. The van der Waals surface area contributed by atoms with Crippen molar-refractivity contribution in [2.45, 2.75) is 19.2 Å². The number of halogens is 1. The molecule has 6 nitrogen and oxygen atoms in total. The van der Waals surface area contributed by atoms with E-state index in [1.54, 1.807) is 43.3 Å². The minimum absolute atomic E-state index is 0.168. The van der Waals surface area contributed by atoms with E-state index >= 15 is 0 Å². The molecular formula is C16H21FN4O2. The lowest BCUT2D eigenvalue weighted by Crippen LogP contribution is -2.35. The van der Waals surface area contributed by atoms with Crippen LogP contribution in [0.5, 0.6) is 0 Å². The molecule has 124 valence electrons. The van der Waals surface area contributed by atoms with Gasteiger partial charge in [-0.15, -0.1) is 0 Å². The monoisotopic (exact) mass is 320 g/mol. The van der Waals surface area contributed by atoms with Crippen LogP contribution in [0.3, 0.4) is 0 Å². The predicted octanol–water partition coefficient (Wildman–Crippen LogP) is 1.28. The van der Waals surface area contributed by atoms with E-state index in [-0.39, 0.29) is 18.3 Å². The Bertz CT molecular complexity index is 672. The number of amides is 1. The van der Waals surface area contributed by atoms with E-state index in [0.29, 0.717) is 12.1 Å². The first-order valence-electron chi connectivity index (χ1n) is 7.25. The van der Waals surface area contributed by atoms with E-state index < -0.39 is 6.04 Å². The molecule has 1 aromatic carbocycles. The van der Waals surface area contributed by atoms with Gasteiger partial charge in [0.15, 0.2) is 0 Å². The Kier molecular flexibility index (Phi) is 5.84. The van der Waals surface area contributed by atoms with Crippen LogP contribution in [0.25, 0.3) is 0 Å². The molecule has 0 radical (unpaired) electrons. The molecule has 23 heavy (non-hydrogen) atoms. The van der Waals surface area contributed by atoms with Gasteiger partial charge in [0.05, 0.1) is 12.8 Å². The van der Waals surface area contributed by atoms with E-state index in [1.165, 1.54) is 13.2 Å². The molecule has 7 heteroatoms. The van der Waals surface area contributed by atoms with Crippen LogP contribution in [-0.2, 0) is 29.7 Å². The topological polar surface area (TPSA) is 68.2 Å². The van der Waals surface area contributed by atoms with Gasteiger partial charge in [0.1, 0.15) is 11.9 Å². The van der Waals surface area contributed by atoms with Gasteiger partial charge in [0.25, 0.3) is 0 Å². The second-order valence-electron chi connectivity index (χ2n) is 5.25. The van der Waals surface area contributed by atoms with Crippen molar-refractivity contribution in [1.82, 2.24) is 20.4 Å². The van der Waals surface area contributed by atoms with Gasteiger partial charge in [0.2, 0.25) is 5.91 Å². The summed E-state index contributed by atoms with van der Waals surface area (Å²) in [5.74, 6) is -0.483. The van der Waals surface area contributed by atoms with E-state index in [1.807, 2.05) is 0 Å². The average Bonchev–Trinajstić information content (AvgIpc) is 2.95. The van der Waals surface area contributed by atoms with Gasteiger partial charge in [-0.1, -0.05) is 6.07 Å². The van der Waals surface area contributed by atoms with Crippen LogP contribution in [0.4, 0.5) is 4.39 Å². The normalized spacial score (nSPS) is 12.2. The Labute approximate surface area is 134 Å². The van der Waals surface area contributed by atoms with E-state index in [0.717, 1.165) is 11.1 Å². The van der Waals surface area contributed by atoms with Gasteiger partial charge in [-0.05, 0) is 24.7 Å². The maximum absolute atomic E-state index is 13.6. The average molecular weight is 320 g/mol. The molecule has 0 saturated carbocycles. The number of aromatic nitrogens is 2. The number of methoxy groups -OCH3 is 1. The van der Waals surface area contributed by atoms with Gasteiger partial charge in [-0.25, -0.2) is 4.39 Å². The molecule has 0 spiro atoms. The van der Waals surface area contributed by atoms with Crippen molar-refractivity contribution in [3.05, 3.63) is 53.1 Å². The van der Waals surface area contributed by atoms with E-state index in [4.69, 9.17) is 4.74 Å². The first kappa shape index (κ1) is 17.1. The quantitative estimate of drug-likeness (QED) is 0.806. The van der Waals surface area contributed by atoms with Gasteiger partial charge in [0, 0.05) is 38.0 Å². The number of benzene rings is 1. The number of hydrogen-bond acceptors (Lipinski definition) is 4. The largest absolute Gasteiger partial charge is 0.380 e. The smallest absolute Gasteiger partial charge is 0.242 e. The Morgan fingerprint density at radius 2 is 2.26 bits per heavy atom. The number of nitrogens with one attached hydrogen (secondary N) is 2. The third kappa shape index (κ3) is 4.37. The summed E-state index contributed by atoms with van der Waals surface area (Å²) in [6.07, 6.45) is 3.44. The van der Waals surface area contributed by atoms with Crippen LogP contribution in [0, 0.1) is 5.82 Å². The van der Waals surface area contributed by atoms with Crippen LogP contribution in [-0.4, -0.2) is 29.8 Å². The first-order valence-corrected chi connectivity index (χ1v) is 7.25. The molecule has 0 saturated heterocycles. The second kappa shape index (κ2) is 7.85. The molecule has 1 heterocycles. The molecule has 2 rings (SSSR count). The van der Waals surface area contributed by atoms with Gasteiger partial charge in [-0.2, -0.15) is 5.10 Å². The number of carbonyl (C=O) groups is 1. The lowest BCUT2D eigenvalue weighted by atomic mass is 10.1. The minimum atomic E-state index is -0.484. The Hall–Kier alpha value is -2.25. The first-order chi connectivity index (χ1) is 11.0. The maximum atomic E-state index is 13.6. The fourth-order valence-corrected chi connectivity index (χ4v) is 2.33. The van der Waals surface area contributed by atoms with Gasteiger partial charge < -0.3 is 15.4 Å². The number of aryl methyl sites for hydroxylation is 1. The highest BCUT2D eigenvalue weighted by Crippen LogP contribution is 2.14. The van der Waals surface area contributed by atoms with Crippen LogP contribution in [0.15, 0.2) is 30.6 Å². The Balaban J connectivity index is 2.01. The molecule has 0 aliphatic carbocycles. The highest BCUT2D eigenvalue weighted by molar-refractivity contribution is 5.83.